The topological polar surface area (TPSA) is 29.3 Å². The first-order valence-corrected chi connectivity index (χ1v) is 16.9. The zero-order chi connectivity index (χ0) is 33.3. The maximum Gasteiger partial charge on any atom is 0.227 e. The normalized spacial score (nSPS) is 11.2. The number of hydrogen-bond donors (Lipinski definition) is 0. The van der Waals surface area contributed by atoms with Crippen molar-refractivity contribution in [2.45, 2.75) is 0 Å². The van der Waals surface area contributed by atoms with Crippen LogP contribution < -0.4 is 4.90 Å². The second-order valence-electron chi connectivity index (χ2n) is 12.4. The molecule has 0 amide bonds. The Labute approximate surface area is 291 Å². The number of nitrogens with zero attached hydrogens (tertiary/aromatic N) is 2. The van der Waals surface area contributed by atoms with Gasteiger partial charge in [-0.3, -0.25) is 0 Å². The summed E-state index contributed by atoms with van der Waals surface area (Å²) in [6, 6.07) is 68.2. The highest BCUT2D eigenvalue weighted by Crippen LogP contribution is 2.43. The van der Waals surface area contributed by atoms with Gasteiger partial charge < -0.3 is 9.32 Å². The van der Waals surface area contributed by atoms with E-state index in [0.29, 0.717) is 5.89 Å². The van der Waals surface area contributed by atoms with E-state index in [4.69, 9.17) is 9.40 Å². The average molecular weight is 641 g/mol. The Bertz CT molecular complexity index is 2560. The SMILES string of the molecule is c1ccc(-c2ccc(N(c3ccc(-c4cc5oc(-c6ccccc6)nc5c5ccccc45)cc3)c3ccccc3-c3ccccc3)cc2)cc1. The van der Waals surface area contributed by atoms with Gasteiger partial charge in [0.05, 0.1) is 5.69 Å². The van der Waals surface area contributed by atoms with Crippen molar-refractivity contribution in [1.29, 1.82) is 0 Å². The summed E-state index contributed by atoms with van der Waals surface area (Å²) in [4.78, 5) is 7.29. The third-order valence-electron chi connectivity index (χ3n) is 9.32. The minimum absolute atomic E-state index is 0.629. The molecule has 0 bridgehead atoms. The lowest BCUT2D eigenvalue weighted by Crippen LogP contribution is -2.11. The molecule has 0 N–H and O–H groups in total. The van der Waals surface area contributed by atoms with Gasteiger partial charge in [0.15, 0.2) is 5.58 Å². The number of anilines is 3. The van der Waals surface area contributed by atoms with Crippen LogP contribution in [-0.4, -0.2) is 4.98 Å². The van der Waals surface area contributed by atoms with Crippen molar-refractivity contribution >= 4 is 38.9 Å². The molecule has 0 aliphatic heterocycles. The summed E-state index contributed by atoms with van der Waals surface area (Å²) in [6.07, 6.45) is 0. The van der Waals surface area contributed by atoms with Crippen LogP contribution in [0.5, 0.6) is 0 Å². The van der Waals surface area contributed by atoms with Crippen molar-refractivity contribution in [2.75, 3.05) is 4.90 Å². The number of fused-ring (bicyclic) bond motifs is 3. The van der Waals surface area contributed by atoms with Gasteiger partial charge in [-0.1, -0.05) is 146 Å². The lowest BCUT2D eigenvalue weighted by Gasteiger charge is -2.28. The Morgan fingerprint density at radius 1 is 0.380 bits per heavy atom. The highest BCUT2D eigenvalue weighted by molar-refractivity contribution is 6.11. The average Bonchev–Trinajstić information content (AvgIpc) is 3.64. The second-order valence-corrected chi connectivity index (χ2v) is 12.4. The van der Waals surface area contributed by atoms with Crippen LogP contribution in [0.1, 0.15) is 0 Å². The Morgan fingerprint density at radius 3 is 1.52 bits per heavy atom. The van der Waals surface area contributed by atoms with Crippen molar-refractivity contribution in [2.24, 2.45) is 0 Å². The first kappa shape index (κ1) is 29.4. The van der Waals surface area contributed by atoms with Crippen molar-refractivity contribution in [3.05, 3.63) is 194 Å². The van der Waals surface area contributed by atoms with E-state index in [1.807, 2.05) is 30.3 Å². The molecule has 0 spiro atoms. The van der Waals surface area contributed by atoms with E-state index < -0.39 is 0 Å². The molecule has 0 unspecified atom stereocenters. The van der Waals surface area contributed by atoms with Crippen LogP contribution in [-0.2, 0) is 0 Å². The molecular formula is C47H32N2O. The predicted molar refractivity (Wildman–Crippen MR) is 208 cm³/mol. The first-order valence-electron chi connectivity index (χ1n) is 16.9. The van der Waals surface area contributed by atoms with Gasteiger partial charge >= 0.3 is 0 Å². The number of aromatic nitrogens is 1. The number of para-hydroxylation sites is 1. The zero-order valence-electron chi connectivity index (χ0n) is 27.3. The molecule has 8 aromatic carbocycles. The highest BCUT2D eigenvalue weighted by atomic mass is 16.3. The molecule has 3 heteroatoms. The molecule has 1 aromatic heterocycles. The molecule has 3 nitrogen and oxygen atoms in total. The fourth-order valence-electron chi connectivity index (χ4n) is 6.88. The largest absolute Gasteiger partial charge is 0.436 e. The summed E-state index contributed by atoms with van der Waals surface area (Å²) >= 11 is 0. The Balaban J connectivity index is 1.16. The summed E-state index contributed by atoms with van der Waals surface area (Å²) in [5, 5.41) is 2.22. The number of benzene rings is 8. The monoisotopic (exact) mass is 640 g/mol. The minimum Gasteiger partial charge on any atom is -0.436 e. The van der Waals surface area contributed by atoms with Crippen LogP contribution in [0.4, 0.5) is 17.1 Å². The lowest BCUT2D eigenvalue weighted by atomic mass is 9.96. The van der Waals surface area contributed by atoms with Gasteiger partial charge in [0.1, 0.15) is 5.52 Å². The molecular weight excluding hydrogens is 609 g/mol. The molecule has 0 saturated heterocycles. The molecule has 0 radical (unpaired) electrons. The molecule has 1 heterocycles. The highest BCUT2D eigenvalue weighted by Gasteiger charge is 2.19. The summed E-state index contributed by atoms with van der Waals surface area (Å²) in [5.74, 6) is 0.629. The lowest BCUT2D eigenvalue weighted by molar-refractivity contribution is 0.620. The molecule has 0 saturated carbocycles. The van der Waals surface area contributed by atoms with Crippen LogP contribution in [0.3, 0.4) is 0 Å². The van der Waals surface area contributed by atoms with Gasteiger partial charge in [-0.25, -0.2) is 4.98 Å². The molecule has 9 aromatic rings. The van der Waals surface area contributed by atoms with Gasteiger partial charge in [-0.2, -0.15) is 0 Å². The third kappa shape index (κ3) is 5.41. The summed E-state index contributed by atoms with van der Waals surface area (Å²) in [5.41, 5.74) is 12.8. The van der Waals surface area contributed by atoms with Gasteiger partial charge in [0, 0.05) is 27.9 Å². The van der Waals surface area contributed by atoms with E-state index in [0.717, 1.165) is 55.6 Å². The van der Waals surface area contributed by atoms with E-state index in [-0.39, 0.29) is 0 Å². The number of rotatable bonds is 7. The molecule has 236 valence electrons. The zero-order valence-corrected chi connectivity index (χ0v) is 27.3. The molecule has 0 aliphatic carbocycles. The summed E-state index contributed by atoms with van der Waals surface area (Å²) < 4.78 is 6.38. The molecule has 9 rings (SSSR count). The standard InChI is InChI=1S/C47H32N2O/c1-4-14-33(15-5-1)34-24-28-38(29-25-34)49(44-23-13-12-20-40(44)35-16-6-2-7-17-35)39-30-26-36(27-31-39)43-32-45-46(42-22-11-10-21-41(42)43)48-47(50-45)37-18-8-3-9-19-37/h1-32H. The van der Waals surface area contributed by atoms with Crippen LogP contribution in [0, 0.1) is 0 Å². The van der Waals surface area contributed by atoms with Crippen LogP contribution >= 0.6 is 0 Å². The van der Waals surface area contributed by atoms with E-state index in [1.165, 1.54) is 22.3 Å². The van der Waals surface area contributed by atoms with Crippen molar-refractivity contribution in [3.63, 3.8) is 0 Å². The Morgan fingerprint density at radius 2 is 0.860 bits per heavy atom. The van der Waals surface area contributed by atoms with E-state index in [9.17, 15) is 0 Å². The smallest absolute Gasteiger partial charge is 0.227 e. The van der Waals surface area contributed by atoms with Gasteiger partial charge in [0.25, 0.3) is 0 Å². The van der Waals surface area contributed by atoms with Gasteiger partial charge in [0.2, 0.25) is 5.89 Å². The maximum atomic E-state index is 6.38. The minimum atomic E-state index is 0.629. The Kier molecular flexibility index (Phi) is 7.49. The summed E-state index contributed by atoms with van der Waals surface area (Å²) in [6.45, 7) is 0. The van der Waals surface area contributed by atoms with E-state index in [1.54, 1.807) is 0 Å². The van der Waals surface area contributed by atoms with Crippen molar-refractivity contribution < 1.29 is 4.42 Å². The number of hydrogen-bond acceptors (Lipinski definition) is 3. The fourth-order valence-corrected chi connectivity index (χ4v) is 6.88. The number of oxazole rings is 1. The third-order valence-corrected chi connectivity index (χ3v) is 9.32. The molecule has 0 fully saturated rings. The first-order chi connectivity index (χ1) is 24.8. The summed E-state index contributed by atoms with van der Waals surface area (Å²) in [7, 11) is 0. The molecule has 0 aliphatic rings. The quantitative estimate of drug-likeness (QED) is 0.174. The van der Waals surface area contributed by atoms with Gasteiger partial charge in [-0.15, -0.1) is 0 Å². The van der Waals surface area contributed by atoms with Crippen LogP contribution in [0.2, 0.25) is 0 Å². The van der Waals surface area contributed by atoms with E-state index >= 15 is 0 Å². The van der Waals surface area contributed by atoms with Crippen LogP contribution in [0.15, 0.2) is 199 Å². The fraction of sp³-hybridized carbons (Fsp3) is 0. The maximum absolute atomic E-state index is 6.38. The Hall–Kier alpha value is -6.71. The second kappa shape index (κ2) is 12.7. The van der Waals surface area contributed by atoms with Gasteiger partial charge in [-0.05, 0) is 81.7 Å². The van der Waals surface area contributed by atoms with Crippen molar-refractivity contribution in [3.8, 4) is 44.8 Å². The molecule has 0 atom stereocenters. The van der Waals surface area contributed by atoms with E-state index in [2.05, 4.69) is 169 Å². The van der Waals surface area contributed by atoms with Crippen molar-refractivity contribution in [1.82, 2.24) is 4.98 Å². The van der Waals surface area contributed by atoms with Crippen LogP contribution in [0.25, 0.3) is 66.7 Å². The molecule has 50 heavy (non-hydrogen) atoms. The predicted octanol–water partition coefficient (Wildman–Crippen LogP) is 13.1.